The third-order valence-corrected chi connectivity index (χ3v) is 4.46. The van der Waals surface area contributed by atoms with Crippen LogP contribution in [0.5, 0.6) is 5.75 Å². The maximum atomic E-state index is 8.92. The molecule has 2 atom stereocenters. The summed E-state index contributed by atoms with van der Waals surface area (Å²) in [6, 6.07) is 8.92. The van der Waals surface area contributed by atoms with Crippen LogP contribution in [0, 0.1) is 5.92 Å². The number of para-hydroxylation sites is 1. The van der Waals surface area contributed by atoms with Gasteiger partial charge in [-0.05, 0) is 49.8 Å². The first-order valence-electron chi connectivity index (χ1n) is 7.42. The Morgan fingerprint density at radius 2 is 2.21 bits per heavy atom. The fourth-order valence-corrected chi connectivity index (χ4v) is 3.36. The van der Waals surface area contributed by atoms with Gasteiger partial charge in [-0.15, -0.1) is 0 Å². The highest BCUT2D eigenvalue weighted by molar-refractivity contribution is 5.35. The Balaban J connectivity index is 1.57. The van der Waals surface area contributed by atoms with Crippen LogP contribution in [-0.4, -0.2) is 42.4 Å². The second-order valence-corrected chi connectivity index (χ2v) is 5.79. The van der Waals surface area contributed by atoms with E-state index in [0.717, 1.165) is 37.5 Å². The van der Waals surface area contributed by atoms with Gasteiger partial charge in [0.25, 0.3) is 0 Å². The highest BCUT2D eigenvalue weighted by Gasteiger charge is 2.30. The molecule has 0 amide bonds. The summed E-state index contributed by atoms with van der Waals surface area (Å²) in [7, 11) is 0. The van der Waals surface area contributed by atoms with E-state index in [4.69, 9.17) is 9.84 Å². The van der Waals surface area contributed by atoms with Gasteiger partial charge in [-0.2, -0.15) is 0 Å². The summed E-state index contributed by atoms with van der Waals surface area (Å²) in [4.78, 5) is 2.58. The fourth-order valence-electron chi connectivity index (χ4n) is 3.36. The standard InChI is InChI=1S/C16H23NO2/c18-9-3-4-13-7-8-17(11-13)15-10-14-5-1-2-6-16(14)19-12-15/h1-2,5-6,13,15,18H,3-4,7-12H2. The summed E-state index contributed by atoms with van der Waals surface area (Å²) in [5, 5.41) is 8.92. The molecule has 2 unspecified atom stereocenters. The van der Waals surface area contributed by atoms with Crippen molar-refractivity contribution in [3.05, 3.63) is 29.8 Å². The number of fused-ring (bicyclic) bond motifs is 1. The van der Waals surface area contributed by atoms with E-state index in [1.807, 2.05) is 6.07 Å². The molecular formula is C16H23NO2. The lowest BCUT2D eigenvalue weighted by molar-refractivity contribution is 0.137. The summed E-state index contributed by atoms with van der Waals surface area (Å²) in [6.07, 6.45) is 4.50. The van der Waals surface area contributed by atoms with E-state index in [-0.39, 0.29) is 0 Å². The first-order chi connectivity index (χ1) is 9.36. The fraction of sp³-hybridized carbons (Fsp3) is 0.625. The van der Waals surface area contributed by atoms with Crippen molar-refractivity contribution < 1.29 is 9.84 Å². The number of likely N-dealkylation sites (tertiary alicyclic amines) is 1. The Bertz CT molecular complexity index is 421. The maximum Gasteiger partial charge on any atom is 0.122 e. The molecule has 19 heavy (non-hydrogen) atoms. The van der Waals surface area contributed by atoms with Gasteiger partial charge in [-0.25, -0.2) is 0 Å². The number of rotatable bonds is 4. The quantitative estimate of drug-likeness (QED) is 0.901. The van der Waals surface area contributed by atoms with Crippen LogP contribution >= 0.6 is 0 Å². The summed E-state index contributed by atoms with van der Waals surface area (Å²) >= 11 is 0. The Hall–Kier alpha value is -1.06. The summed E-state index contributed by atoms with van der Waals surface area (Å²) in [5.74, 6) is 1.83. The van der Waals surface area contributed by atoms with Crippen molar-refractivity contribution in [1.82, 2.24) is 4.90 Å². The Labute approximate surface area is 115 Å². The zero-order chi connectivity index (χ0) is 13.1. The zero-order valence-electron chi connectivity index (χ0n) is 11.4. The topological polar surface area (TPSA) is 32.7 Å². The lowest BCUT2D eigenvalue weighted by atomic mass is 10.0. The molecule has 104 valence electrons. The highest BCUT2D eigenvalue weighted by atomic mass is 16.5. The average molecular weight is 261 g/mol. The predicted molar refractivity (Wildman–Crippen MR) is 75.4 cm³/mol. The minimum absolute atomic E-state index is 0.330. The van der Waals surface area contributed by atoms with E-state index < -0.39 is 0 Å². The third-order valence-electron chi connectivity index (χ3n) is 4.46. The predicted octanol–water partition coefficient (Wildman–Crippen LogP) is 2.08. The zero-order valence-corrected chi connectivity index (χ0v) is 11.4. The molecule has 0 bridgehead atoms. The van der Waals surface area contributed by atoms with E-state index in [1.54, 1.807) is 0 Å². The smallest absolute Gasteiger partial charge is 0.122 e. The van der Waals surface area contributed by atoms with Gasteiger partial charge in [0, 0.05) is 19.2 Å². The molecule has 2 aliphatic heterocycles. The van der Waals surface area contributed by atoms with Crippen LogP contribution in [0.1, 0.15) is 24.8 Å². The normalized spacial score (nSPS) is 27.0. The van der Waals surface area contributed by atoms with Crippen molar-refractivity contribution in [1.29, 1.82) is 0 Å². The third kappa shape index (κ3) is 2.93. The van der Waals surface area contributed by atoms with E-state index in [0.29, 0.717) is 12.6 Å². The lowest BCUT2D eigenvalue weighted by Gasteiger charge is -2.32. The minimum Gasteiger partial charge on any atom is -0.492 e. The van der Waals surface area contributed by atoms with Crippen molar-refractivity contribution in [2.75, 3.05) is 26.3 Å². The first-order valence-corrected chi connectivity index (χ1v) is 7.42. The molecule has 0 saturated carbocycles. The molecule has 1 saturated heterocycles. The number of aliphatic hydroxyl groups excluding tert-OH is 1. The van der Waals surface area contributed by atoms with E-state index in [2.05, 4.69) is 23.1 Å². The number of aliphatic hydroxyl groups is 1. The van der Waals surface area contributed by atoms with Crippen molar-refractivity contribution in [3.8, 4) is 5.75 Å². The van der Waals surface area contributed by atoms with Crippen LogP contribution in [0.3, 0.4) is 0 Å². The monoisotopic (exact) mass is 261 g/mol. The van der Waals surface area contributed by atoms with Gasteiger partial charge < -0.3 is 9.84 Å². The van der Waals surface area contributed by atoms with Gasteiger partial charge >= 0.3 is 0 Å². The molecular weight excluding hydrogens is 238 g/mol. The number of nitrogens with zero attached hydrogens (tertiary/aromatic N) is 1. The van der Waals surface area contributed by atoms with Crippen LogP contribution in [0.4, 0.5) is 0 Å². The first kappa shape index (κ1) is 12.9. The van der Waals surface area contributed by atoms with E-state index in [1.165, 1.54) is 25.1 Å². The number of hydrogen-bond acceptors (Lipinski definition) is 3. The molecule has 3 nitrogen and oxygen atoms in total. The summed E-state index contributed by atoms with van der Waals surface area (Å²) in [5.41, 5.74) is 1.34. The molecule has 2 aliphatic rings. The molecule has 1 aromatic carbocycles. The molecule has 0 spiro atoms. The summed E-state index contributed by atoms with van der Waals surface area (Å²) < 4.78 is 5.88. The molecule has 0 aliphatic carbocycles. The molecule has 1 N–H and O–H groups in total. The van der Waals surface area contributed by atoms with Gasteiger partial charge in [0.1, 0.15) is 12.4 Å². The number of benzene rings is 1. The van der Waals surface area contributed by atoms with Crippen LogP contribution in [0.15, 0.2) is 24.3 Å². The van der Waals surface area contributed by atoms with Gasteiger partial charge in [0.05, 0.1) is 0 Å². The van der Waals surface area contributed by atoms with Crippen molar-refractivity contribution in [2.24, 2.45) is 5.92 Å². The van der Waals surface area contributed by atoms with Crippen molar-refractivity contribution in [3.63, 3.8) is 0 Å². The van der Waals surface area contributed by atoms with Gasteiger partial charge in [0.2, 0.25) is 0 Å². The highest BCUT2D eigenvalue weighted by Crippen LogP contribution is 2.29. The van der Waals surface area contributed by atoms with Crippen molar-refractivity contribution >= 4 is 0 Å². The van der Waals surface area contributed by atoms with Gasteiger partial charge in [0.15, 0.2) is 0 Å². The second kappa shape index (κ2) is 5.93. The second-order valence-electron chi connectivity index (χ2n) is 5.79. The largest absolute Gasteiger partial charge is 0.492 e. The minimum atomic E-state index is 0.330. The van der Waals surface area contributed by atoms with Crippen LogP contribution in [0.25, 0.3) is 0 Å². The van der Waals surface area contributed by atoms with E-state index >= 15 is 0 Å². The van der Waals surface area contributed by atoms with Crippen molar-refractivity contribution in [2.45, 2.75) is 31.7 Å². The lowest BCUT2D eigenvalue weighted by Crippen LogP contribution is -2.41. The molecule has 3 rings (SSSR count). The maximum absolute atomic E-state index is 8.92. The average Bonchev–Trinajstić information content (AvgIpc) is 2.93. The summed E-state index contributed by atoms with van der Waals surface area (Å²) in [6.45, 7) is 3.52. The van der Waals surface area contributed by atoms with Crippen LogP contribution in [-0.2, 0) is 6.42 Å². The molecule has 3 heteroatoms. The van der Waals surface area contributed by atoms with Gasteiger partial charge in [-0.1, -0.05) is 18.2 Å². The van der Waals surface area contributed by atoms with Gasteiger partial charge in [-0.3, -0.25) is 4.90 Å². The van der Waals surface area contributed by atoms with Crippen LogP contribution in [0.2, 0.25) is 0 Å². The molecule has 0 radical (unpaired) electrons. The molecule has 1 aromatic rings. The van der Waals surface area contributed by atoms with Crippen LogP contribution < -0.4 is 4.74 Å². The molecule has 0 aromatic heterocycles. The Morgan fingerprint density at radius 3 is 3.11 bits per heavy atom. The Kier molecular flexibility index (Phi) is 4.04. The Morgan fingerprint density at radius 1 is 1.32 bits per heavy atom. The SMILES string of the molecule is OCCCC1CCN(C2COc3ccccc3C2)C1. The number of ether oxygens (including phenoxy) is 1. The van der Waals surface area contributed by atoms with E-state index in [9.17, 15) is 0 Å². The number of hydrogen-bond donors (Lipinski definition) is 1. The molecule has 2 heterocycles. The molecule has 1 fully saturated rings.